The molecule has 3 aromatic rings. The summed E-state index contributed by atoms with van der Waals surface area (Å²) in [5.41, 5.74) is 4.54. The molecular weight excluding hydrogens is 625 g/mol. The Balaban J connectivity index is 1.06. The zero-order chi connectivity index (χ0) is 32.2. The van der Waals surface area contributed by atoms with Crippen molar-refractivity contribution in [1.82, 2.24) is 29.8 Å². The predicted molar refractivity (Wildman–Crippen MR) is 181 cm³/mol. The molecule has 0 bridgehead atoms. The number of likely N-dealkylation sites (tertiary alicyclic amines) is 2. The topological polar surface area (TPSA) is 105 Å². The van der Waals surface area contributed by atoms with Crippen molar-refractivity contribution in [2.24, 2.45) is 0 Å². The number of H-pyrrole nitrogens is 1. The first-order valence-corrected chi connectivity index (χ1v) is 17.3. The van der Waals surface area contributed by atoms with Gasteiger partial charge in [0.25, 0.3) is 0 Å². The van der Waals surface area contributed by atoms with E-state index in [4.69, 9.17) is 23.2 Å². The number of para-hydroxylation sites is 1. The number of nitrogens with zero attached hydrogens (tertiary/aromatic N) is 5. The number of carbonyl (C=O) groups excluding carboxylic acids is 3. The van der Waals surface area contributed by atoms with Crippen molar-refractivity contribution in [3.05, 3.63) is 57.2 Å². The molecule has 12 heteroatoms. The van der Waals surface area contributed by atoms with Crippen molar-refractivity contribution < 1.29 is 14.4 Å². The molecule has 2 N–H and O–H groups in total. The summed E-state index contributed by atoms with van der Waals surface area (Å²) in [6, 6.07) is 9.81. The van der Waals surface area contributed by atoms with E-state index in [0.717, 1.165) is 66.7 Å². The van der Waals surface area contributed by atoms with Gasteiger partial charge in [-0.15, -0.1) is 0 Å². The number of aryl methyl sites for hydroxylation is 1. The molecule has 0 spiro atoms. The number of anilines is 1. The minimum atomic E-state index is -0.0742. The van der Waals surface area contributed by atoms with Gasteiger partial charge in [-0.25, -0.2) is 4.79 Å². The maximum atomic E-state index is 13.8. The van der Waals surface area contributed by atoms with E-state index in [1.807, 2.05) is 45.9 Å². The molecule has 2 saturated heterocycles. The second-order valence-electron chi connectivity index (χ2n) is 12.8. The summed E-state index contributed by atoms with van der Waals surface area (Å²) in [6.45, 7) is 7.59. The van der Waals surface area contributed by atoms with Crippen molar-refractivity contribution in [3.8, 4) is 0 Å². The van der Waals surface area contributed by atoms with Crippen molar-refractivity contribution in [3.63, 3.8) is 0 Å². The van der Waals surface area contributed by atoms with Crippen LogP contribution in [0.25, 0.3) is 10.9 Å². The fourth-order valence-electron chi connectivity index (χ4n) is 7.14. The number of carbonyl (C=O) groups is 3. The van der Waals surface area contributed by atoms with E-state index < -0.39 is 0 Å². The second-order valence-corrected chi connectivity index (χ2v) is 13.5. The summed E-state index contributed by atoms with van der Waals surface area (Å²) in [5.74, 6) is -0.0680. The highest BCUT2D eigenvalue weighted by Crippen LogP contribution is 2.33. The molecule has 46 heavy (non-hydrogen) atoms. The molecule has 4 amide bonds. The SMILES string of the molecule is Cc1cc(Cl)c2[nH]nc(Cl)c2c1CN(CCN1CCCCC1)C(=O)CCC(=O)N1CCC(N2CCc3ccccc3NC2=O)CC1. The molecule has 2 aromatic carbocycles. The third-order valence-electron chi connectivity index (χ3n) is 9.87. The number of aromatic amines is 1. The number of amides is 4. The highest BCUT2D eigenvalue weighted by molar-refractivity contribution is 6.39. The van der Waals surface area contributed by atoms with E-state index in [9.17, 15) is 14.4 Å². The Labute approximate surface area is 280 Å². The van der Waals surface area contributed by atoms with Crippen LogP contribution in [0.1, 0.15) is 61.6 Å². The Morgan fingerprint density at radius 1 is 1.02 bits per heavy atom. The van der Waals surface area contributed by atoms with Crippen molar-refractivity contribution in [2.75, 3.05) is 51.1 Å². The zero-order valence-electron chi connectivity index (χ0n) is 26.5. The summed E-state index contributed by atoms with van der Waals surface area (Å²) in [6.07, 6.45) is 6.15. The molecule has 10 nitrogen and oxygen atoms in total. The van der Waals surface area contributed by atoms with Gasteiger partial charge < -0.3 is 24.9 Å². The van der Waals surface area contributed by atoms with E-state index in [0.29, 0.717) is 48.4 Å². The molecule has 0 aliphatic carbocycles. The number of aromatic nitrogens is 2. The maximum Gasteiger partial charge on any atom is 0.322 e. The van der Waals surface area contributed by atoms with Crippen molar-refractivity contribution in [1.29, 1.82) is 0 Å². The lowest BCUT2D eigenvalue weighted by molar-refractivity contribution is -0.138. The van der Waals surface area contributed by atoms with E-state index >= 15 is 0 Å². The van der Waals surface area contributed by atoms with Gasteiger partial charge in [0.2, 0.25) is 11.8 Å². The lowest BCUT2D eigenvalue weighted by Gasteiger charge is -2.38. The first-order chi connectivity index (χ1) is 22.3. The van der Waals surface area contributed by atoms with Crippen molar-refractivity contribution >= 4 is 57.6 Å². The van der Waals surface area contributed by atoms with Crippen LogP contribution >= 0.6 is 23.2 Å². The first-order valence-electron chi connectivity index (χ1n) is 16.5. The van der Waals surface area contributed by atoms with Gasteiger partial charge in [-0.1, -0.05) is 47.8 Å². The smallest absolute Gasteiger partial charge is 0.322 e. The van der Waals surface area contributed by atoms with Crippen LogP contribution in [0.3, 0.4) is 0 Å². The standard InChI is InChI=1S/C34H43Cl2N7O3/c1-23-21-27(35)32-31(33(36)39-38-32)26(23)22-42(20-19-40-14-5-2-6-15-40)30(45)10-9-29(44)41-16-12-25(13-17-41)43-18-11-24-7-3-4-8-28(24)37-34(43)46/h3-4,7-8,21,25H,2,5-6,9-20,22H2,1H3,(H,37,46)(H,38,39). The minimum Gasteiger partial charge on any atom is -0.343 e. The summed E-state index contributed by atoms with van der Waals surface area (Å²) in [7, 11) is 0. The van der Waals surface area contributed by atoms with E-state index in [1.54, 1.807) is 0 Å². The second kappa shape index (κ2) is 14.6. The fourth-order valence-corrected chi connectivity index (χ4v) is 7.69. The number of nitrogens with one attached hydrogen (secondary N) is 2. The predicted octanol–water partition coefficient (Wildman–Crippen LogP) is 5.85. The summed E-state index contributed by atoms with van der Waals surface area (Å²) < 4.78 is 0. The minimum absolute atomic E-state index is 0.0153. The van der Waals surface area contributed by atoms with Crippen LogP contribution in [0.5, 0.6) is 0 Å². The van der Waals surface area contributed by atoms with Gasteiger partial charge in [-0.2, -0.15) is 5.10 Å². The van der Waals surface area contributed by atoms with Crippen molar-refractivity contribution in [2.45, 2.75) is 70.9 Å². The highest BCUT2D eigenvalue weighted by atomic mass is 35.5. The molecule has 6 rings (SSSR count). The zero-order valence-corrected chi connectivity index (χ0v) is 28.0. The molecule has 0 atom stereocenters. The average Bonchev–Trinajstić information content (AvgIpc) is 3.37. The molecule has 0 unspecified atom stereocenters. The van der Waals surface area contributed by atoms with Crippen LogP contribution in [-0.2, 0) is 22.6 Å². The Bertz CT molecular complexity index is 1580. The number of fused-ring (bicyclic) bond motifs is 2. The number of benzene rings is 2. The van der Waals surface area contributed by atoms with E-state index in [2.05, 4.69) is 26.5 Å². The number of rotatable bonds is 9. The number of urea groups is 1. The van der Waals surface area contributed by atoms with Gasteiger partial charge in [0, 0.05) is 69.2 Å². The average molecular weight is 669 g/mol. The van der Waals surface area contributed by atoms with E-state index in [-0.39, 0.29) is 36.7 Å². The molecule has 246 valence electrons. The van der Waals surface area contributed by atoms with Crippen LogP contribution < -0.4 is 5.32 Å². The molecule has 3 aliphatic heterocycles. The maximum absolute atomic E-state index is 13.8. The Kier molecular flexibility index (Phi) is 10.4. The van der Waals surface area contributed by atoms with Gasteiger partial charge in [0.1, 0.15) is 0 Å². The number of hydrogen-bond donors (Lipinski definition) is 2. The van der Waals surface area contributed by atoms with Gasteiger partial charge in [-0.3, -0.25) is 14.7 Å². The molecule has 0 saturated carbocycles. The Morgan fingerprint density at radius 3 is 2.57 bits per heavy atom. The molecule has 1 aromatic heterocycles. The molecule has 4 heterocycles. The molecule has 3 aliphatic rings. The summed E-state index contributed by atoms with van der Waals surface area (Å²) in [4.78, 5) is 48.2. The van der Waals surface area contributed by atoms with Gasteiger partial charge in [0.15, 0.2) is 5.15 Å². The monoisotopic (exact) mass is 667 g/mol. The first kappa shape index (κ1) is 32.6. The third-order valence-corrected chi connectivity index (χ3v) is 10.4. The van der Waals surface area contributed by atoms with E-state index in [1.165, 1.54) is 19.3 Å². The Morgan fingerprint density at radius 2 is 1.78 bits per heavy atom. The Hall–Kier alpha value is -3.34. The lowest BCUT2D eigenvalue weighted by Crippen LogP contribution is -2.50. The number of piperidine rings is 2. The van der Waals surface area contributed by atoms with Crippen LogP contribution in [0.2, 0.25) is 10.2 Å². The molecular formula is C34H43Cl2N7O3. The van der Waals surface area contributed by atoms with Gasteiger partial charge in [0.05, 0.1) is 10.5 Å². The number of hydrogen-bond acceptors (Lipinski definition) is 5. The van der Waals surface area contributed by atoms with Crippen LogP contribution in [0.15, 0.2) is 30.3 Å². The molecule has 2 fully saturated rings. The quantitative estimate of drug-likeness (QED) is 0.298. The lowest BCUT2D eigenvalue weighted by atomic mass is 10.0. The van der Waals surface area contributed by atoms with Crippen LogP contribution in [-0.4, -0.2) is 99.5 Å². The fraction of sp³-hybridized carbons (Fsp3) is 0.529. The third kappa shape index (κ3) is 7.29. The normalized spacial score (nSPS) is 17.9. The van der Waals surface area contributed by atoms with Crippen LogP contribution in [0, 0.1) is 6.92 Å². The highest BCUT2D eigenvalue weighted by Gasteiger charge is 2.32. The van der Waals surface area contributed by atoms with Gasteiger partial charge >= 0.3 is 6.03 Å². The number of halogens is 2. The van der Waals surface area contributed by atoms with Gasteiger partial charge in [-0.05, 0) is 80.9 Å². The summed E-state index contributed by atoms with van der Waals surface area (Å²) in [5, 5.41) is 11.7. The van der Waals surface area contributed by atoms with Crippen LogP contribution in [0.4, 0.5) is 10.5 Å². The largest absolute Gasteiger partial charge is 0.343 e. The molecule has 0 radical (unpaired) electrons. The summed E-state index contributed by atoms with van der Waals surface area (Å²) >= 11 is 13.0.